The van der Waals surface area contributed by atoms with Gasteiger partial charge in [-0.2, -0.15) is 0 Å². The van der Waals surface area contributed by atoms with Gasteiger partial charge in [-0.25, -0.2) is 4.79 Å². The average Bonchev–Trinajstić information content (AvgIpc) is 2.60. The van der Waals surface area contributed by atoms with Gasteiger partial charge in [0.25, 0.3) is 0 Å². The number of urea groups is 1. The Morgan fingerprint density at radius 3 is 2.32 bits per heavy atom. The molecule has 0 bridgehead atoms. The van der Waals surface area contributed by atoms with Gasteiger partial charge in [-0.15, -0.1) is 0 Å². The molecule has 0 aliphatic carbocycles. The van der Waals surface area contributed by atoms with Gasteiger partial charge in [-0.05, 0) is 23.6 Å². The predicted molar refractivity (Wildman–Crippen MR) is 97.6 cm³/mol. The number of nitrogens with two attached hydrogens (primary N) is 2. The van der Waals surface area contributed by atoms with E-state index >= 15 is 0 Å². The van der Waals surface area contributed by atoms with Crippen molar-refractivity contribution in [1.82, 2.24) is 10.6 Å². The summed E-state index contributed by atoms with van der Waals surface area (Å²) in [5, 5.41) is 5.45. The van der Waals surface area contributed by atoms with Crippen LogP contribution in [-0.2, 0) is 4.79 Å². The zero-order valence-electron chi connectivity index (χ0n) is 14.2. The van der Waals surface area contributed by atoms with E-state index in [4.69, 9.17) is 11.5 Å². The molecule has 2 unspecified atom stereocenters. The molecule has 6 N–H and O–H groups in total. The summed E-state index contributed by atoms with van der Waals surface area (Å²) < 4.78 is 0. The van der Waals surface area contributed by atoms with E-state index in [1.165, 1.54) is 0 Å². The van der Waals surface area contributed by atoms with Crippen molar-refractivity contribution in [3.05, 3.63) is 71.3 Å². The van der Waals surface area contributed by atoms with Crippen LogP contribution in [0.4, 0.5) is 4.79 Å². The standard InChI is InChI=1S/C19H24N4O2/c1-13-7-5-6-10-15(13)17(23-19(21)25)11-18(24)22-12-16(20)14-8-3-2-4-9-14/h2-10,16-17H,11-12,20H2,1H3,(H,22,24)(H3,21,23,25). The molecule has 0 radical (unpaired) electrons. The molecule has 2 atom stereocenters. The minimum atomic E-state index is -0.665. The summed E-state index contributed by atoms with van der Waals surface area (Å²) >= 11 is 0. The zero-order valence-corrected chi connectivity index (χ0v) is 14.2. The molecule has 2 aromatic rings. The minimum Gasteiger partial charge on any atom is -0.354 e. The van der Waals surface area contributed by atoms with Gasteiger partial charge >= 0.3 is 6.03 Å². The van der Waals surface area contributed by atoms with Gasteiger partial charge in [-0.1, -0.05) is 54.6 Å². The Labute approximate surface area is 147 Å². The van der Waals surface area contributed by atoms with Crippen LogP contribution in [0.15, 0.2) is 54.6 Å². The average molecular weight is 340 g/mol. The van der Waals surface area contributed by atoms with Crippen LogP contribution in [0.1, 0.15) is 35.2 Å². The topological polar surface area (TPSA) is 110 Å². The lowest BCUT2D eigenvalue weighted by molar-refractivity contribution is -0.121. The Hall–Kier alpha value is -2.86. The smallest absolute Gasteiger partial charge is 0.312 e. The molecule has 0 saturated heterocycles. The summed E-state index contributed by atoms with van der Waals surface area (Å²) in [6.45, 7) is 2.24. The highest BCUT2D eigenvalue weighted by atomic mass is 16.2. The normalized spacial score (nSPS) is 12.9. The molecule has 0 aromatic heterocycles. The number of rotatable bonds is 7. The van der Waals surface area contributed by atoms with Crippen LogP contribution in [0.2, 0.25) is 0 Å². The van der Waals surface area contributed by atoms with Gasteiger partial charge < -0.3 is 22.1 Å². The first kappa shape index (κ1) is 18.5. The van der Waals surface area contributed by atoms with E-state index in [0.717, 1.165) is 16.7 Å². The number of benzene rings is 2. The van der Waals surface area contributed by atoms with Crippen LogP contribution in [-0.4, -0.2) is 18.5 Å². The first-order chi connectivity index (χ1) is 12.0. The van der Waals surface area contributed by atoms with E-state index in [1.54, 1.807) is 0 Å². The quantitative estimate of drug-likeness (QED) is 0.618. The van der Waals surface area contributed by atoms with Crippen molar-refractivity contribution in [2.75, 3.05) is 6.54 Å². The fourth-order valence-electron chi connectivity index (χ4n) is 2.69. The summed E-state index contributed by atoms with van der Waals surface area (Å²) in [5.41, 5.74) is 14.1. The number of hydrogen-bond acceptors (Lipinski definition) is 3. The van der Waals surface area contributed by atoms with E-state index in [0.29, 0.717) is 6.54 Å². The van der Waals surface area contributed by atoms with Crippen LogP contribution in [0.25, 0.3) is 0 Å². The highest BCUT2D eigenvalue weighted by molar-refractivity contribution is 5.79. The molecule has 6 heteroatoms. The van der Waals surface area contributed by atoms with Gasteiger partial charge in [0, 0.05) is 12.6 Å². The van der Waals surface area contributed by atoms with Crippen molar-refractivity contribution >= 4 is 11.9 Å². The maximum absolute atomic E-state index is 12.3. The monoisotopic (exact) mass is 340 g/mol. The molecule has 6 nitrogen and oxygen atoms in total. The second-order valence-electron chi connectivity index (χ2n) is 5.94. The molecule has 3 amide bonds. The van der Waals surface area contributed by atoms with E-state index in [-0.39, 0.29) is 18.4 Å². The molecule has 2 rings (SSSR count). The number of primary amides is 1. The fourth-order valence-corrected chi connectivity index (χ4v) is 2.69. The first-order valence-electron chi connectivity index (χ1n) is 8.16. The molecule has 132 valence electrons. The maximum atomic E-state index is 12.3. The third kappa shape index (κ3) is 5.61. The van der Waals surface area contributed by atoms with Crippen LogP contribution in [0, 0.1) is 6.92 Å². The number of carbonyl (C=O) groups is 2. The zero-order chi connectivity index (χ0) is 18.2. The Morgan fingerprint density at radius 1 is 1.04 bits per heavy atom. The van der Waals surface area contributed by atoms with Gasteiger partial charge in [-0.3, -0.25) is 4.79 Å². The molecular weight excluding hydrogens is 316 g/mol. The van der Waals surface area contributed by atoms with Gasteiger partial charge in [0.15, 0.2) is 0 Å². The molecule has 0 saturated carbocycles. The number of nitrogens with one attached hydrogen (secondary N) is 2. The molecule has 0 aliphatic rings. The second-order valence-corrected chi connectivity index (χ2v) is 5.94. The van der Waals surface area contributed by atoms with Gasteiger partial charge in [0.2, 0.25) is 5.91 Å². The van der Waals surface area contributed by atoms with Crippen LogP contribution < -0.4 is 22.1 Å². The lowest BCUT2D eigenvalue weighted by atomic mass is 9.98. The van der Waals surface area contributed by atoms with E-state index in [1.807, 2.05) is 61.5 Å². The highest BCUT2D eigenvalue weighted by Gasteiger charge is 2.19. The molecule has 25 heavy (non-hydrogen) atoms. The third-order valence-corrected chi connectivity index (χ3v) is 4.02. The molecular formula is C19H24N4O2. The maximum Gasteiger partial charge on any atom is 0.312 e. The first-order valence-corrected chi connectivity index (χ1v) is 8.16. The summed E-state index contributed by atoms with van der Waals surface area (Å²) in [5.74, 6) is -0.201. The SMILES string of the molecule is Cc1ccccc1C(CC(=O)NCC(N)c1ccccc1)NC(N)=O. The second kappa shape index (κ2) is 8.84. The van der Waals surface area contributed by atoms with Crippen molar-refractivity contribution < 1.29 is 9.59 Å². The molecule has 0 spiro atoms. The van der Waals surface area contributed by atoms with Crippen molar-refractivity contribution in [3.8, 4) is 0 Å². The Bertz CT molecular complexity index is 718. The number of aryl methyl sites for hydroxylation is 1. The number of hydrogen-bond donors (Lipinski definition) is 4. The van der Waals surface area contributed by atoms with Crippen LogP contribution in [0.5, 0.6) is 0 Å². The number of carbonyl (C=O) groups excluding carboxylic acids is 2. The molecule has 0 aliphatic heterocycles. The van der Waals surface area contributed by atoms with Crippen molar-refractivity contribution in [1.29, 1.82) is 0 Å². The number of amides is 3. The molecule has 0 heterocycles. The van der Waals surface area contributed by atoms with E-state index in [9.17, 15) is 9.59 Å². The Balaban J connectivity index is 1.97. The molecule has 2 aromatic carbocycles. The summed E-state index contributed by atoms with van der Waals surface area (Å²) in [6.07, 6.45) is 0.0926. The minimum absolute atomic E-state index is 0.0926. The van der Waals surface area contributed by atoms with Crippen LogP contribution >= 0.6 is 0 Å². The van der Waals surface area contributed by atoms with Crippen LogP contribution in [0.3, 0.4) is 0 Å². The van der Waals surface area contributed by atoms with Gasteiger partial charge in [0.1, 0.15) is 0 Å². The Kier molecular flexibility index (Phi) is 6.54. The van der Waals surface area contributed by atoms with Crippen molar-refractivity contribution in [2.45, 2.75) is 25.4 Å². The Morgan fingerprint density at radius 2 is 1.68 bits per heavy atom. The predicted octanol–water partition coefficient (Wildman–Crippen LogP) is 1.91. The summed E-state index contributed by atoms with van der Waals surface area (Å²) in [7, 11) is 0. The van der Waals surface area contributed by atoms with Crippen molar-refractivity contribution in [3.63, 3.8) is 0 Å². The molecule has 0 fully saturated rings. The summed E-state index contributed by atoms with van der Waals surface area (Å²) in [6, 6.07) is 15.7. The van der Waals surface area contributed by atoms with Crippen molar-refractivity contribution in [2.24, 2.45) is 11.5 Å². The van der Waals surface area contributed by atoms with E-state index < -0.39 is 12.1 Å². The summed E-state index contributed by atoms with van der Waals surface area (Å²) in [4.78, 5) is 23.6. The largest absolute Gasteiger partial charge is 0.354 e. The third-order valence-electron chi connectivity index (χ3n) is 4.02. The van der Waals surface area contributed by atoms with Gasteiger partial charge in [0.05, 0.1) is 12.5 Å². The fraction of sp³-hybridized carbons (Fsp3) is 0.263. The lowest BCUT2D eigenvalue weighted by Crippen LogP contribution is -2.38. The van der Waals surface area contributed by atoms with E-state index in [2.05, 4.69) is 10.6 Å². The highest BCUT2D eigenvalue weighted by Crippen LogP contribution is 2.20. The lowest BCUT2D eigenvalue weighted by Gasteiger charge is -2.20.